The summed E-state index contributed by atoms with van der Waals surface area (Å²) < 4.78 is 0. The fourth-order valence-electron chi connectivity index (χ4n) is 6.93. The fourth-order valence-corrected chi connectivity index (χ4v) is 6.93. The summed E-state index contributed by atoms with van der Waals surface area (Å²) in [6.07, 6.45) is 16.3. The highest BCUT2D eigenvalue weighted by molar-refractivity contribution is 6.03. The Morgan fingerprint density at radius 3 is 1.69 bits per heavy atom. The lowest BCUT2D eigenvalue weighted by Gasteiger charge is -2.13. The van der Waals surface area contributed by atoms with E-state index in [1.54, 1.807) is 6.08 Å². The Morgan fingerprint density at radius 2 is 1.12 bits per heavy atom. The molecule has 5 aromatic rings. The lowest BCUT2D eigenvalue weighted by atomic mass is 9.92. The topological polar surface area (TPSA) is 91.5 Å². The van der Waals surface area contributed by atoms with Crippen LogP contribution in [-0.2, 0) is 4.79 Å². The third-order valence-electron chi connectivity index (χ3n) is 9.26. The predicted octanol–water partition coefficient (Wildman–Crippen LogP) is 10.2. The number of allylic oxidation sites excluding steroid dienone is 2. The molecule has 236 valence electrons. The number of aromatic amines is 2. The molecule has 0 atom stereocenters. The van der Waals surface area contributed by atoms with E-state index in [9.17, 15) is 9.59 Å². The van der Waals surface area contributed by atoms with E-state index in [2.05, 4.69) is 41.3 Å². The Kier molecular flexibility index (Phi) is 7.54. The van der Waals surface area contributed by atoms with Gasteiger partial charge in [-0.25, -0.2) is 9.97 Å². The van der Waals surface area contributed by atoms with Crippen molar-refractivity contribution in [2.24, 2.45) is 0 Å². The summed E-state index contributed by atoms with van der Waals surface area (Å²) in [5.41, 5.74) is 13.9. The summed E-state index contributed by atoms with van der Waals surface area (Å²) >= 11 is 0. The van der Waals surface area contributed by atoms with E-state index in [1.807, 2.05) is 91.1 Å². The molecule has 6 nitrogen and oxygen atoms in total. The highest BCUT2D eigenvalue weighted by Gasteiger charge is 2.21. The second kappa shape index (κ2) is 12.3. The Hall–Kier alpha value is -6.40. The summed E-state index contributed by atoms with van der Waals surface area (Å²) in [7, 11) is 0. The number of benzene rings is 2. The molecule has 8 rings (SSSR count). The number of aldehydes is 1. The molecule has 49 heavy (non-hydrogen) atoms. The molecule has 0 radical (unpaired) electrons. The third-order valence-corrected chi connectivity index (χ3v) is 9.26. The number of aromatic nitrogens is 4. The van der Waals surface area contributed by atoms with Gasteiger partial charge in [0.2, 0.25) is 0 Å². The molecule has 2 N–H and O–H groups in total. The van der Waals surface area contributed by atoms with Gasteiger partial charge in [0.1, 0.15) is 0 Å². The lowest BCUT2D eigenvalue weighted by molar-refractivity contribution is -0.114. The first-order chi connectivity index (χ1) is 24.0. The average Bonchev–Trinajstić information content (AvgIpc) is 3.96. The second-order valence-electron chi connectivity index (χ2n) is 12.3. The van der Waals surface area contributed by atoms with Crippen LogP contribution in [0.15, 0.2) is 92.0 Å². The molecule has 5 heterocycles. The molecule has 1 aliphatic carbocycles. The van der Waals surface area contributed by atoms with E-state index in [4.69, 9.17) is 9.97 Å². The van der Waals surface area contributed by atoms with Gasteiger partial charge in [0.05, 0.1) is 33.9 Å². The number of hydrogen-bond donors (Lipinski definition) is 2. The molecule has 0 saturated heterocycles. The van der Waals surface area contributed by atoms with Crippen LogP contribution in [-0.4, -0.2) is 32.0 Å². The molecule has 8 bridgehead atoms. The van der Waals surface area contributed by atoms with Crippen LogP contribution >= 0.6 is 0 Å². The maximum atomic E-state index is 12.8. The minimum atomic E-state index is 0.121. The van der Waals surface area contributed by atoms with E-state index in [1.165, 1.54) is 0 Å². The highest BCUT2D eigenvalue weighted by Crippen LogP contribution is 2.37. The average molecular weight is 637 g/mol. The number of nitrogens with one attached hydrogen (secondary N) is 2. The Balaban J connectivity index is 1.55. The van der Waals surface area contributed by atoms with Gasteiger partial charge in [-0.05, 0) is 107 Å². The van der Waals surface area contributed by atoms with Crippen molar-refractivity contribution in [1.82, 2.24) is 19.9 Å². The summed E-state index contributed by atoms with van der Waals surface area (Å²) in [4.78, 5) is 43.0. The van der Waals surface area contributed by atoms with Gasteiger partial charge >= 0.3 is 0 Å². The number of carbonyl (C=O) groups excluding carboxylic acids is 2. The van der Waals surface area contributed by atoms with Crippen LogP contribution in [0.25, 0.3) is 86.3 Å². The molecule has 0 amide bonds. The maximum Gasteiger partial charge on any atom is 0.155 e. The van der Waals surface area contributed by atoms with E-state index in [0.29, 0.717) is 23.2 Å². The van der Waals surface area contributed by atoms with E-state index >= 15 is 0 Å². The van der Waals surface area contributed by atoms with Gasteiger partial charge in [-0.3, -0.25) is 9.59 Å². The first-order valence-corrected chi connectivity index (χ1v) is 16.3. The number of carbonyl (C=O) groups is 2. The van der Waals surface area contributed by atoms with Gasteiger partial charge in [0, 0.05) is 39.7 Å². The fraction of sp³-hybridized carbons (Fsp3) is 0.0698. The van der Waals surface area contributed by atoms with Crippen LogP contribution in [0.2, 0.25) is 0 Å². The molecule has 3 aliphatic rings. The van der Waals surface area contributed by atoms with Crippen molar-refractivity contribution < 1.29 is 9.59 Å². The van der Waals surface area contributed by atoms with Crippen molar-refractivity contribution in [2.75, 3.05) is 0 Å². The molecule has 6 heteroatoms. The van der Waals surface area contributed by atoms with Crippen molar-refractivity contribution >= 4 is 76.2 Å². The summed E-state index contributed by atoms with van der Waals surface area (Å²) in [6.45, 7) is 7.95. The molecule has 2 aliphatic heterocycles. The molecular weight excluding hydrogens is 604 g/mol. The number of rotatable bonds is 6. The quantitative estimate of drug-likeness (QED) is 0.178. The van der Waals surface area contributed by atoms with E-state index < -0.39 is 0 Å². The molecule has 0 saturated carbocycles. The van der Waals surface area contributed by atoms with Crippen molar-refractivity contribution in [3.8, 4) is 22.3 Å². The zero-order valence-electron chi connectivity index (χ0n) is 26.8. The Bertz CT molecular complexity index is 2450. The van der Waals surface area contributed by atoms with Gasteiger partial charge in [0.25, 0.3) is 0 Å². The molecular formula is C43H32N4O2. The Morgan fingerprint density at radius 1 is 0.612 bits per heavy atom. The number of ketones is 1. The second-order valence-corrected chi connectivity index (χ2v) is 12.3. The number of hydrogen-bond acceptors (Lipinski definition) is 4. The van der Waals surface area contributed by atoms with Crippen LogP contribution in [0.4, 0.5) is 0 Å². The van der Waals surface area contributed by atoms with Crippen LogP contribution in [0, 0.1) is 0 Å². The van der Waals surface area contributed by atoms with Crippen molar-refractivity contribution in [3.05, 3.63) is 137 Å². The molecule has 0 spiro atoms. The molecule has 3 aromatic heterocycles. The van der Waals surface area contributed by atoms with E-state index in [-0.39, 0.29) is 5.78 Å². The molecule has 0 unspecified atom stereocenters. The first kappa shape index (κ1) is 30.0. The summed E-state index contributed by atoms with van der Waals surface area (Å²) in [5.74, 6) is 0.121. The van der Waals surface area contributed by atoms with Crippen LogP contribution in [0.5, 0.6) is 0 Å². The maximum absolute atomic E-state index is 12.8. The highest BCUT2D eigenvalue weighted by atomic mass is 16.1. The zero-order valence-corrected chi connectivity index (χ0v) is 26.8. The minimum Gasteiger partial charge on any atom is -0.354 e. The SMILES string of the molecule is C=Cc1cccc(-c2c3nc(c(C4=CC(=O)CCC4)c4ccc([nH]4)c(-c4cccc(C=C)c4)c4nc(c(C=O)c5ccc2[nH]5)C=C4)C=C3)c1. The van der Waals surface area contributed by atoms with Crippen LogP contribution < -0.4 is 0 Å². The summed E-state index contributed by atoms with van der Waals surface area (Å²) in [6, 6.07) is 24.3. The van der Waals surface area contributed by atoms with Crippen molar-refractivity contribution in [3.63, 3.8) is 0 Å². The van der Waals surface area contributed by atoms with Gasteiger partial charge in [-0.1, -0.05) is 61.7 Å². The van der Waals surface area contributed by atoms with Gasteiger partial charge in [-0.15, -0.1) is 0 Å². The number of fused-ring (bicyclic) bond motifs is 8. The largest absolute Gasteiger partial charge is 0.354 e. The van der Waals surface area contributed by atoms with E-state index in [0.717, 1.165) is 97.3 Å². The monoisotopic (exact) mass is 636 g/mol. The predicted molar refractivity (Wildman–Crippen MR) is 202 cm³/mol. The zero-order chi connectivity index (χ0) is 33.5. The molecule has 0 fully saturated rings. The lowest BCUT2D eigenvalue weighted by Crippen LogP contribution is -2.03. The van der Waals surface area contributed by atoms with Gasteiger partial charge in [0.15, 0.2) is 12.1 Å². The van der Waals surface area contributed by atoms with Crippen molar-refractivity contribution in [1.29, 1.82) is 0 Å². The number of H-pyrrole nitrogens is 2. The smallest absolute Gasteiger partial charge is 0.155 e. The van der Waals surface area contributed by atoms with Crippen LogP contribution in [0.3, 0.4) is 0 Å². The molecule has 2 aromatic carbocycles. The normalized spacial score (nSPS) is 13.7. The first-order valence-electron chi connectivity index (χ1n) is 16.3. The summed E-state index contributed by atoms with van der Waals surface area (Å²) in [5, 5.41) is 0. The van der Waals surface area contributed by atoms with Gasteiger partial charge < -0.3 is 9.97 Å². The van der Waals surface area contributed by atoms with Crippen molar-refractivity contribution in [2.45, 2.75) is 19.3 Å². The third kappa shape index (κ3) is 5.43. The standard InChI is InChI=1S/C43H32N4O2/c1-3-26-8-5-10-28(22-26)41-35-16-14-33(44-35)32(25-48)34-15-17-36(45-34)42(29-11-6-9-27(4-2)23-29)38-19-21-40(47-38)43(39-20-18-37(41)46-39)30-12-7-13-31(49)24-30/h3-6,8-11,14-25,44,47H,1-2,7,12-13H2. The Labute approximate surface area is 283 Å². The minimum absolute atomic E-state index is 0.121. The van der Waals surface area contributed by atoms with Crippen LogP contribution in [0.1, 0.15) is 69.1 Å². The van der Waals surface area contributed by atoms with Gasteiger partial charge in [-0.2, -0.15) is 0 Å². The number of nitrogens with zero attached hydrogens (tertiary/aromatic N) is 2.